The predicted molar refractivity (Wildman–Crippen MR) is 157 cm³/mol. The van der Waals surface area contributed by atoms with Crippen LogP contribution in [-0.2, 0) is 11.2 Å². The van der Waals surface area contributed by atoms with Crippen molar-refractivity contribution in [2.45, 2.75) is 58.4 Å². The number of rotatable bonds is 16. The van der Waals surface area contributed by atoms with Crippen molar-refractivity contribution >= 4 is 17.7 Å². The van der Waals surface area contributed by atoms with Crippen molar-refractivity contribution in [3.05, 3.63) is 83.4 Å². The van der Waals surface area contributed by atoms with Gasteiger partial charge in [-0.25, -0.2) is 4.79 Å². The van der Waals surface area contributed by atoms with Gasteiger partial charge in [-0.15, -0.1) is 0 Å². The molecule has 41 heavy (non-hydrogen) atoms. The number of carbonyl (C=O) groups excluding carboxylic acids is 3. The van der Waals surface area contributed by atoms with Crippen LogP contribution in [-0.4, -0.2) is 44.5 Å². The predicted octanol–water partition coefficient (Wildman–Crippen LogP) is 6.20. The zero-order chi connectivity index (χ0) is 29.6. The summed E-state index contributed by atoms with van der Waals surface area (Å²) in [6, 6.07) is 17.8. The number of hydrogen-bond donors (Lipinski definition) is 1. The minimum atomic E-state index is -0.750. The number of unbranched alkanes of at least 4 members (excludes halogenated alkanes) is 4. The Balaban J connectivity index is 1.59. The average molecular weight is 562 g/mol. The average Bonchev–Trinajstić information content (AvgIpc) is 2.99. The van der Waals surface area contributed by atoms with E-state index in [-0.39, 0.29) is 23.9 Å². The Bertz CT molecular complexity index is 1290. The summed E-state index contributed by atoms with van der Waals surface area (Å²) in [5.41, 5.74) is 1.52. The lowest BCUT2D eigenvalue weighted by molar-refractivity contribution is -0.118. The summed E-state index contributed by atoms with van der Waals surface area (Å²) in [6.45, 7) is 4.26. The van der Waals surface area contributed by atoms with Gasteiger partial charge in [-0.2, -0.15) is 0 Å². The van der Waals surface area contributed by atoms with E-state index in [1.165, 1.54) is 33.3 Å². The van der Waals surface area contributed by atoms with Crippen LogP contribution in [0.4, 0.5) is 0 Å². The zero-order valence-corrected chi connectivity index (χ0v) is 24.2. The number of amides is 1. The largest absolute Gasteiger partial charge is 0.497 e. The minimum Gasteiger partial charge on any atom is -0.497 e. The van der Waals surface area contributed by atoms with Gasteiger partial charge in [-0.1, -0.05) is 38.7 Å². The number of hydrogen-bond acceptors (Lipinski definition) is 7. The van der Waals surface area contributed by atoms with Gasteiger partial charge in [-0.05, 0) is 86.0 Å². The van der Waals surface area contributed by atoms with E-state index in [1.54, 1.807) is 73.8 Å². The quantitative estimate of drug-likeness (QED) is 0.126. The van der Waals surface area contributed by atoms with Crippen molar-refractivity contribution in [2.75, 3.05) is 20.8 Å². The second-order valence-corrected chi connectivity index (χ2v) is 9.73. The van der Waals surface area contributed by atoms with E-state index in [1.807, 2.05) is 0 Å². The molecule has 3 aromatic carbocycles. The Labute approximate surface area is 242 Å². The van der Waals surface area contributed by atoms with Crippen molar-refractivity contribution in [1.82, 2.24) is 5.32 Å². The first-order chi connectivity index (χ1) is 19.8. The number of methoxy groups -OCH3 is 2. The SMILES string of the molecule is CCCCCCCOc1ccc(C(=O)Oc2ccc(CC(NC(=O)c3ccc(OC)cc3)C(C)=O)cc2OC)cc1. The fourth-order valence-electron chi connectivity index (χ4n) is 4.18. The fourth-order valence-corrected chi connectivity index (χ4v) is 4.18. The van der Waals surface area contributed by atoms with E-state index in [0.29, 0.717) is 35.0 Å². The van der Waals surface area contributed by atoms with E-state index in [4.69, 9.17) is 18.9 Å². The monoisotopic (exact) mass is 561 g/mol. The maximum absolute atomic E-state index is 12.8. The van der Waals surface area contributed by atoms with Crippen LogP contribution in [0.2, 0.25) is 0 Å². The molecule has 0 aromatic heterocycles. The Hall–Kier alpha value is -4.33. The molecular weight excluding hydrogens is 522 g/mol. The van der Waals surface area contributed by atoms with Gasteiger partial charge in [0.2, 0.25) is 0 Å². The van der Waals surface area contributed by atoms with Gasteiger partial charge < -0.3 is 24.3 Å². The van der Waals surface area contributed by atoms with E-state index in [9.17, 15) is 14.4 Å². The molecule has 0 aliphatic rings. The number of nitrogens with one attached hydrogen (secondary N) is 1. The highest BCUT2D eigenvalue weighted by Gasteiger charge is 2.20. The molecular formula is C33H39NO7. The second-order valence-electron chi connectivity index (χ2n) is 9.73. The third-order valence-electron chi connectivity index (χ3n) is 6.63. The van der Waals surface area contributed by atoms with E-state index in [0.717, 1.165) is 18.4 Å². The number of Topliss-reactive ketones (excluding diaryl/α,β-unsaturated/α-hetero) is 1. The number of ether oxygens (including phenoxy) is 4. The molecule has 1 N–H and O–H groups in total. The van der Waals surface area contributed by atoms with Crippen LogP contribution in [0.1, 0.15) is 72.2 Å². The van der Waals surface area contributed by atoms with Gasteiger partial charge >= 0.3 is 5.97 Å². The van der Waals surface area contributed by atoms with Crippen molar-refractivity contribution < 1.29 is 33.3 Å². The number of carbonyl (C=O) groups is 3. The molecule has 0 aliphatic heterocycles. The van der Waals surface area contributed by atoms with Crippen LogP contribution in [0.25, 0.3) is 0 Å². The van der Waals surface area contributed by atoms with Gasteiger partial charge in [0.1, 0.15) is 11.5 Å². The van der Waals surface area contributed by atoms with E-state index >= 15 is 0 Å². The Morgan fingerprint density at radius 3 is 2.05 bits per heavy atom. The molecule has 3 rings (SSSR count). The normalized spacial score (nSPS) is 11.3. The topological polar surface area (TPSA) is 100 Å². The van der Waals surface area contributed by atoms with Crippen LogP contribution < -0.4 is 24.3 Å². The number of ketones is 1. The number of benzene rings is 3. The first-order valence-electron chi connectivity index (χ1n) is 13.9. The van der Waals surface area contributed by atoms with Gasteiger partial charge in [0.25, 0.3) is 5.91 Å². The van der Waals surface area contributed by atoms with Crippen LogP contribution in [0.15, 0.2) is 66.7 Å². The molecule has 0 spiro atoms. The summed E-state index contributed by atoms with van der Waals surface area (Å²) < 4.78 is 21.9. The molecule has 8 nitrogen and oxygen atoms in total. The highest BCUT2D eigenvalue weighted by Crippen LogP contribution is 2.30. The standard InChI is InChI=1S/C33H39NO7/c1-5-6-7-8-9-20-40-28-17-13-26(14-18-28)33(37)41-30-19-10-24(22-31(30)39-4)21-29(23(2)35)34-32(36)25-11-15-27(38-3)16-12-25/h10-19,22,29H,5-9,20-21H2,1-4H3,(H,34,36). The highest BCUT2D eigenvalue weighted by molar-refractivity contribution is 5.97. The molecule has 0 heterocycles. The molecule has 8 heteroatoms. The molecule has 1 amide bonds. The first-order valence-corrected chi connectivity index (χ1v) is 13.9. The fraction of sp³-hybridized carbons (Fsp3) is 0.364. The molecule has 0 radical (unpaired) electrons. The third kappa shape index (κ3) is 9.67. The van der Waals surface area contributed by atoms with Crippen LogP contribution >= 0.6 is 0 Å². The smallest absolute Gasteiger partial charge is 0.343 e. The lowest BCUT2D eigenvalue weighted by atomic mass is 10.0. The van der Waals surface area contributed by atoms with Gasteiger partial charge in [0.05, 0.1) is 32.4 Å². The molecule has 0 bridgehead atoms. The summed E-state index contributed by atoms with van der Waals surface area (Å²) in [6.07, 6.45) is 6.05. The van der Waals surface area contributed by atoms with Crippen molar-refractivity contribution in [2.24, 2.45) is 0 Å². The van der Waals surface area contributed by atoms with E-state index in [2.05, 4.69) is 12.2 Å². The first kappa shape index (κ1) is 31.2. The molecule has 1 unspecified atom stereocenters. The minimum absolute atomic E-state index is 0.190. The zero-order valence-electron chi connectivity index (χ0n) is 24.2. The summed E-state index contributed by atoms with van der Waals surface area (Å²) in [7, 11) is 3.02. The summed E-state index contributed by atoms with van der Waals surface area (Å²) in [4.78, 5) is 37.8. The van der Waals surface area contributed by atoms with Crippen molar-refractivity contribution in [3.63, 3.8) is 0 Å². The second kappa shape index (κ2) is 16.1. The maximum Gasteiger partial charge on any atom is 0.343 e. The van der Waals surface area contributed by atoms with Crippen molar-refractivity contribution in [3.8, 4) is 23.0 Å². The maximum atomic E-state index is 12.8. The molecule has 3 aromatic rings. The number of esters is 1. The molecule has 0 saturated heterocycles. The van der Waals surface area contributed by atoms with Crippen LogP contribution in [0, 0.1) is 0 Å². The summed E-state index contributed by atoms with van der Waals surface area (Å²) in [5, 5.41) is 2.79. The lowest BCUT2D eigenvalue weighted by Crippen LogP contribution is -2.41. The molecule has 0 aliphatic carbocycles. The molecule has 0 fully saturated rings. The Morgan fingerprint density at radius 1 is 0.756 bits per heavy atom. The van der Waals surface area contributed by atoms with E-state index < -0.39 is 12.0 Å². The Morgan fingerprint density at radius 2 is 1.41 bits per heavy atom. The third-order valence-corrected chi connectivity index (χ3v) is 6.63. The van der Waals surface area contributed by atoms with Crippen LogP contribution in [0.3, 0.4) is 0 Å². The van der Waals surface area contributed by atoms with Crippen LogP contribution in [0.5, 0.6) is 23.0 Å². The molecule has 218 valence electrons. The Kier molecular flexibility index (Phi) is 12.2. The van der Waals surface area contributed by atoms with Gasteiger partial charge in [0.15, 0.2) is 17.3 Å². The van der Waals surface area contributed by atoms with Gasteiger partial charge in [0, 0.05) is 5.56 Å². The van der Waals surface area contributed by atoms with Gasteiger partial charge in [-0.3, -0.25) is 9.59 Å². The summed E-state index contributed by atoms with van der Waals surface area (Å²) >= 11 is 0. The highest BCUT2D eigenvalue weighted by atomic mass is 16.6. The molecule has 0 saturated carbocycles. The van der Waals surface area contributed by atoms with Crippen molar-refractivity contribution in [1.29, 1.82) is 0 Å². The molecule has 1 atom stereocenters. The summed E-state index contributed by atoms with van der Waals surface area (Å²) in [5.74, 6) is 0.831. The lowest BCUT2D eigenvalue weighted by Gasteiger charge is -2.17.